The number of phenols is 1. The Balaban J connectivity index is 0.00000243. The Morgan fingerprint density at radius 2 is 2.08 bits per heavy atom. The summed E-state index contributed by atoms with van der Waals surface area (Å²) in [4.78, 5) is 9.87. The van der Waals surface area contributed by atoms with E-state index in [1.165, 1.54) is 38.9 Å². The molecule has 2 N–H and O–H groups in total. The number of halogens is 1. The van der Waals surface area contributed by atoms with E-state index in [2.05, 4.69) is 22.0 Å². The highest BCUT2D eigenvalue weighted by Gasteiger charge is 2.27. The SMILES string of the molecule is CCNC(=NCCc1cccc(O)c1)N1CCC(CN2CCCC2)C1.I. The van der Waals surface area contributed by atoms with Crippen molar-refractivity contribution in [2.24, 2.45) is 10.9 Å². The molecular formula is C20H33IN4O. The van der Waals surface area contributed by atoms with E-state index in [0.29, 0.717) is 5.75 Å². The lowest BCUT2D eigenvalue weighted by Crippen LogP contribution is -2.41. The smallest absolute Gasteiger partial charge is 0.193 e. The zero-order chi connectivity index (χ0) is 17.5. The average Bonchev–Trinajstić information content (AvgIpc) is 3.27. The molecule has 2 fully saturated rings. The molecule has 6 heteroatoms. The summed E-state index contributed by atoms with van der Waals surface area (Å²) < 4.78 is 0. The van der Waals surface area contributed by atoms with E-state index in [4.69, 9.17) is 4.99 Å². The molecule has 2 aliphatic rings. The molecule has 0 amide bonds. The molecule has 1 aromatic carbocycles. The molecular weight excluding hydrogens is 439 g/mol. The number of hydrogen-bond acceptors (Lipinski definition) is 3. The molecule has 0 bridgehead atoms. The molecule has 0 aromatic heterocycles. The maximum absolute atomic E-state index is 9.56. The van der Waals surface area contributed by atoms with Crippen molar-refractivity contribution < 1.29 is 5.11 Å². The number of aliphatic imine (C=N–C) groups is 1. The Bertz CT molecular complexity index is 575. The van der Waals surface area contributed by atoms with Gasteiger partial charge in [0.2, 0.25) is 0 Å². The van der Waals surface area contributed by atoms with Gasteiger partial charge in [-0.2, -0.15) is 0 Å². The first-order chi connectivity index (χ1) is 12.2. The van der Waals surface area contributed by atoms with E-state index in [1.54, 1.807) is 6.07 Å². The van der Waals surface area contributed by atoms with Crippen LogP contribution in [0.25, 0.3) is 0 Å². The van der Waals surface area contributed by atoms with Crippen molar-refractivity contribution in [3.05, 3.63) is 29.8 Å². The van der Waals surface area contributed by atoms with E-state index < -0.39 is 0 Å². The van der Waals surface area contributed by atoms with Crippen LogP contribution in [0.4, 0.5) is 0 Å². The Morgan fingerprint density at radius 3 is 2.81 bits per heavy atom. The number of likely N-dealkylation sites (tertiary alicyclic amines) is 2. The van der Waals surface area contributed by atoms with E-state index in [9.17, 15) is 5.11 Å². The molecule has 0 radical (unpaired) electrons. The molecule has 3 rings (SSSR count). The van der Waals surface area contributed by atoms with E-state index in [0.717, 1.165) is 50.0 Å². The molecule has 1 atom stereocenters. The van der Waals surface area contributed by atoms with E-state index in [-0.39, 0.29) is 24.0 Å². The minimum Gasteiger partial charge on any atom is -0.508 e. The van der Waals surface area contributed by atoms with Crippen molar-refractivity contribution in [1.29, 1.82) is 0 Å². The van der Waals surface area contributed by atoms with Crippen molar-refractivity contribution in [3.63, 3.8) is 0 Å². The fourth-order valence-electron chi connectivity index (χ4n) is 3.93. The number of phenolic OH excluding ortho intramolecular Hbond substituents is 1. The van der Waals surface area contributed by atoms with Gasteiger partial charge in [0.15, 0.2) is 5.96 Å². The second-order valence-electron chi connectivity index (χ2n) is 7.26. The average molecular weight is 472 g/mol. The molecule has 2 saturated heterocycles. The molecule has 5 nitrogen and oxygen atoms in total. The van der Waals surface area contributed by atoms with Crippen LogP contribution in [0.15, 0.2) is 29.3 Å². The maximum atomic E-state index is 9.56. The van der Waals surface area contributed by atoms with Gasteiger partial charge in [-0.25, -0.2) is 0 Å². The molecule has 26 heavy (non-hydrogen) atoms. The fourth-order valence-corrected chi connectivity index (χ4v) is 3.93. The molecule has 2 aliphatic heterocycles. The summed E-state index contributed by atoms with van der Waals surface area (Å²) in [7, 11) is 0. The van der Waals surface area contributed by atoms with Crippen molar-refractivity contribution in [1.82, 2.24) is 15.1 Å². The van der Waals surface area contributed by atoms with Crippen LogP contribution in [0.1, 0.15) is 31.7 Å². The van der Waals surface area contributed by atoms with Gasteiger partial charge in [0, 0.05) is 32.7 Å². The van der Waals surface area contributed by atoms with Gasteiger partial charge >= 0.3 is 0 Å². The number of nitrogens with one attached hydrogen (secondary N) is 1. The lowest BCUT2D eigenvalue weighted by molar-refractivity contribution is 0.281. The Morgan fingerprint density at radius 1 is 1.27 bits per heavy atom. The van der Waals surface area contributed by atoms with E-state index in [1.807, 2.05) is 18.2 Å². The zero-order valence-corrected chi connectivity index (χ0v) is 18.2. The normalized spacial score (nSPS) is 21.0. The lowest BCUT2D eigenvalue weighted by Gasteiger charge is -2.23. The predicted octanol–water partition coefficient (Wildman–Crippen LogP) is 2.94. The van der Waals surface area contributed by atoms with Crippen LogP contribution in [-0.4, -0.2) is 66.7 Å². The van der Waals surface area contributed by atoms with Gasteiger partial charge in [0.05, 0.1) is 0 Å². The molecule has 0 aliphatic carbocycles. The third-order valence-corrected chi connectivity index (χ3v) is 5.21. The number of hydrogen-bond donors (Lipinski definition) is 2. The van der Waals surface area contributed by atoms with Crippen LogP contribution >= 0.6 is 24.0 Å². The van der Waals surface area contributed by atoms with Gasteiger partial charge in [0.1, 0.15) is 5.75 Å². The first-order valence-electron chi connectivity index (χ1n) is 9.78. The van der Waals surface area contributed by atoms with Crippen molar-refractivity contribution >= 4 is 29.9 Å². The quantitative estimate of drug-likeness (QED) is 0.380. The first-order valence-corrected chi connectivity index (χ1v) is 9.78. The molecule has 0 saturated carbocycles. The number of nitrogens with zero attached hydrogens (tertiary/aromatic N) is 3. The minimum atomic E-state index is 0. The molecule has 0 spiro atoms. The van der Waals surface area contributed by atoms with Gasteiger partial charge in [0.25, 0.3) is 0 Å². The van der Waals surface area contributed by atoms with E-state index >= 15 is 0 Å². The first kappa shape index (κ1) is 21.3. The summed E-state index contributed by atoms with van der Waals surface area (Å²) in [5, 5.41) is 13.0. The van der Waals surface area contributed by atoms with Crippen LogP contribution in [-0.2, 0) is 6.42 Å². The van der Waals surface area contributed by atoms with Crippen LogP contribution < -0.4 is 5.32 Å². The minimum absolute atomic E-state index is 0. The fraction of sp³-hybridized carbons (Fsp3) is 0.650. The highest BCUT2D eigenvalue weighted by atomic mass is 127. The summed E-state index contributed by atoms with van der Waals surface area (Å²) >= 11 is 0. The number of rotatable bonds is 6. The molecule has 1 unspecified atom stereocenters. The summed E-state index contributed by atoms with van der Waals surface area (Å²) in [5.41, 5.74) is 1.13. The van der Waals surface area contributed by atoms with Crippen molar-refractivity contribution in [2.45, 2.75) is 32.6 Å². The Labute approximate surface area is 174 Å². The number of benzene rings is 1. The van der Waals surface area contributed by atoms with Gasteiger partial charge in [-0.05, 0) is 69.3 Å². The molecule has 2 heterocycles. The summed E-state index contributed by atoms with van der Waals surface area (Å²) in [6, 6.07) is 7.47. The van der Waals surface area contributed by atoms with Gasteiger partial charge in [-0.3, -0.25) is 4.99 Å². The molecule has 146 valence electrons. The summed E-state index contributed by atoms with van der Waals surface area (Å²) in [6.45, 7) is 9.83. The second-order valence-corrected chi connectivity index (χ2v) is 7.26. The summed E-state index contributed by atoms with van der Waals surface area (Å²) in [6.07, 6.45) is 4.87. The van der Waals surface area contributed by atoms with Crippen molar-refractivity contribution in [2.75, 3.05) is 45.8 Å². The topological polar surface area (TPSA) is 51.1 Å². The Hall–Kier alpha value is -1.02. The monoisotopic (exact) mass is 472 g/mol. The van der Waals surface area contributed by atoms with Crippen LogP contribution in [0, 0.1) is 5.92 Å². The molecule has 1 aromatic rings. The van der Waals surface area contributed by atoms with Crippen molar-refractivity contribution in [3.8, 4) is 5.75 Å². The lowest BCUT2D eigenvalue weighted by atomic mass is 10.1. The van der Waals surface area contributed by atoms with Gasteiger partial charge < -0.3 is 20.2 Å². The third-order valence-electron chi connectivity index (χ3n) is 5.21. The second kappa shape index (κ2) is 11.0. The van der Waals surface area contributed by atoms with Crippen LogP contribution in [0.2, 0.25) is 0 Å². The van der Waals surface area contributed by atoms with Crippen LogP contribution in [0.5, 0.6) is 5.75 Å². The highest BCUT2D eigenvalue weighted by Crippen LogP contribution is 2.20. The largest absolute Gasteiger partial charge is 0.508 e. The third kappa shape index (κ3) is 6.30. The van der Waals surface area contributed by atoms with Crippen LogP contribution in [0.3, 0.4) is 0 Å². The Kier molecular flexibility index (Phi) is 8.98. The van der Waals surface area contributed by atoms with Gasteiger partial charge in [-0.15, -0.1) is 24.0 Å². The zero-order valence-electron chi connectivity index (χ0n) is 15.9. The highest BCUT2D eigenvalue weighted by molar-refractivity contribution is 14.0. The predicted molar refractivity (Wildman–Crippen MR) is 119 cm³/mol. The standard InChI is InChI=1S/C20H32N4O.HI/c1-2-21-20(22-10-8-17-6-5-7-19(25)14-17)24-13-9-18(16-24)15-23-11-3-4-12-23;/h5-7,14,18,25H,2-4,8-13,15-16H2,1H3,(H,21,22);1H. The van der Waals surface area contributed by atoms with Gasteiger partial charge in [-0.1, -0.05) is 12.1 Å². The number of aromatic hydroxyl groups is 1. The number of guanidine groups is 1. The summed E-state index contributed by atoms with van der Waals surface area (Å²) in [5.74, 6) is 2.15. The maximum Gasteiger partial charge on any atom is 0.193 e.